The summed E-state index contributed by atoms with van der Waals surface area (Å²) in [5, 5.41) is 24.2. The Hall–Kier alpha value is -4.27. The molecule has 0 fully saturated rings. The normalized spacial score (nSPS) is 11.4. The molecule has 0 aliphatic carbocycles. The van der Waals surface area contributed by atoms with Crippen LogP contribution in [-0.4, -0.2) is 33.9 Å². The number of methoxy groups -OCH3 is 1. The van der Waals surface area contributed by atoms with Crippen molar-refractivity contribution in [1.29, 1.82) is 0 Å². The van der Waals surface area contributed by atoms with E-state index in [2.05, 4.69) is 10.6 Å². The number of nitrogens with one attached hydrogen (secondary N) is 2. The van der Waals surface area contributed by atoms with Gasteiger partial charge in [-0.3, -0.25) is 9.59 Å². The summed E-state index contributed by atoms with van der Waals surface area (Å²) in [5.74, 6) is -1.14. The smallest absolute Gasteiger partial charge is 0.319 e. The van der Waals surface area contributed by atoms with Gasteiger partial charge < -0.3 is 30.2 Å². The van der Waals surface area contributed by atoms with Crippen LogP contribution in [0.1, 0.15) is 18.0 Å². The lowest BCUT2D eigenvalue weighted by Gasteiger charge is -2.21. The summed E-state index contributed by atoms with van der Waals surface area (Å²) in [7, 11) is 2.92. The lowest BCUT2D eigenvalue weighted by Crippen LogP contribution is -2.36. The van der Waals surface area contributed by atoms with Crippen molar-refractivity contribution in [2.24, 2.45) is 7.05 Å². The molecule has 0 bridgehead atoms. The number of carboxylic acid groups (broad SMARTS) is 1. The molecule has 3 rings (SSSR count). The van der Waals surface area contributed by atoms with Crippen LogP contribution in [0.5, 0.6) is 11.5 Å². The maximum absolute atomic E-state index is 12.6. The van der Waals surface area contributed by atoms with Crippen LogP contribution in [0, 0.1) is 0 Å². The summed E-state index contributed by atoms with van der Waals surface area (Å²) in [6.07, 6.45) is 0.925. The minimum Gasteiger partial charge on any atom is -0.505 e. The van der Waals surface area contributed by atoms with Gasteiger partial charge in [-0.2, -0.15) is 0 Å². The van der Waals surface area contributed by atoms with Crippen molar-refractivity contribution in [2.45, 2.75) is 12.5 Å². The van der Waals surface area contributed by atoms with Crippen LogP contribution in [0.2, 0.25) is 0 Å². The number of ether oxygens (including phenoxy) is 1. The van der Waals surface area contributed by atoms with Gasteiger partial charge in [0.25, 0.3) is 5.56 Å². The lowest BCUT2D eigenvalue weighted by molar-refractivity contribution is -0.137. The highest BCUT2D eigenvalue weighted by atomic mass is 16.5. The van der Waals surface area contributed by atoms with Crippen molar-refractivity contribution in [2.75, 3.05) is 12.4 Å². The first-order valence-electron chi connectivity index (χ1n) is 9.71. The van der Waals surface area contributed by atoms with E-state index in [0.29, 0.717) is 11.3 Å². The predicted octanol–water partition coefficient (Wildman–Crippen LogP) is 3.10. The number of rotatable bonds is 7. The Bertz CT molecular complexity index is 1190. The second-order valence-corrected chi connectivity index (χ2v) is 7.06. The third-order valence-electron chi connectivity index (χ3n) is 4.88. The van der Waals surface area contributed by atoms with Gasteiger partial charge in [-0.05, 0) is 29.3 Å². The number of anilines is 1. The lowest BCUT2D eigenvalue weighted by atomic mass is 9.97. The van der Waals surface area contributed by atoms with Crippen molar-refractivity contribution in [3.8, 4) is 22.6 Å². The Morgan fingerprint density at radius 2 is 1.81 bits per heavy atom. The number of carbonyl (C=O) groups is 2. The van der Waals surface area contributed by atoms with Crippen LogP contribution in [0.15, 0.2) is 65.6 Å². The Kier molecular flexibility index (Phi) is 6.79. The van der Waals surface area contributed by atoms with Crippen molar-refractivity contribution >= 4 is 17.7 Å². The fourth-order valence-electron chi connectivity index (χ4n) is 3.27. The standard InChI is InChI=1S/C23H23N3O6/c1-26-11-10-18(27)21(22(26)30)25-23(31)24-17(13-20(28)29)16-12-15(8-9-19(16)32-2)14-6-4-3-5-7-14/h3-12,17,27H,13H2,1-2H3,(H,28,29)(H2,24,25,31). The molecule has 0 aliphatic rings. The van der Waals surface area contributed by atoms with Crippen LogP contribution < -0.4 is 20.9 Å². The fraction of sp³-hybridized carbons (Fsp3) is 0.174. The highest BCUT2D eigenvalue weighted by Crippen LogP contribution is 2.32. The highest BCUT2D eigenvalue weighted by Gasteiger charge is 2.23. The molecule has 2 aromatic carbocycles. The maximum Gasteiger partial charge on any atom is 0.319 e. The molecule has 1 heterocycles. The summed E-state index contributed by atoms with van der Waals surface area (Å²) < 4.78 is 6.59. The van der Waals surface area contributed by atoms with E-state index < -0.39 is 35.8 Å². The number of aromatic nitrogens is 1. The second kappa shape index (κ2) is 9.69. The van der Waals surface area contributed by atoms with Crippen molar-refractivity contribution in [3.63, 3.8) is 0 Å². The Labute approximate surface area is 183 Å². The number of amides is 2. The first-order valence-corrected chi connectivity index (χ1v) is 9.71. The third-order valence-corrected chi connectivity index (χ3v) is 4.88. The average molecular weight is 437 g/mol. The molecule has 32 heavy (non-hydrogen) atoms. The summed E-state index contributed by atoms with van der Waals surface area (Å²) in [6, 6.07) is 14.2. The molecule has 2 amide bonds. The molecule has 4 N–H and O–H groups in total. The summed E-state index contributed by atoms with van der Waals surface area (Å²) in [5.41, 5.74) is 1.25. The second-order valence-electron chi connectivity index (χ2n) is 7.06. The van der Waals surface area contributed by atoms with Crippen LogP contribution in [-0.2, 0) is 11.8 Å². The highest BCUT2D eigenvalue weighted by molar-refractivity contribution is 5.91. The summed E-state index contributed by atoms with van der Waals surface area (Å²) in [6.45, 7) is 0. The predicted molar refractivity (Wildman–Crippen MR) is 119 cm³/mol. The fourth-order valence-corrected chi connectivity index (χ4v) is 3.27. The number of carboxylic acids is 1. The number of nitrogens with zero attached hydrogens (tertiary/aromatic N) is 1. The van der Waals surface area contributed by atoms with Crippen molar-refractivity contribution in [3.05, 3.63) is 76.7 Å². The minimum absolute atomic E-state index is 0.313. The molecule has 0 saturated heterocycles. The van der Waals surface area contributed by atoms with Gasteiger partial charge in [-0.15, -0.1) is 0 Å². The summed E-state index contributed by atoms with van der Waals surface area (Å²) >= 11 is 0. The van der Waals surface area contributed by atoms with E-state index in [-0.39, 0.29) is 5.69 Å². The number of urea groups is 1. The Morgan fingerprint density at radius 3 is 2.47 bits per heavy atom. The summed E-state index contributed by atoms with van der Waals surface area (Å²) in [4.78, 5) is 36.4. The molecule has 3 aromatic rings. The number of carbonyl (C=O) groups excluding carboxylic acids is 1. The van der Waals surface area contributed by atoms with Crippen LogP contribution in [0.25, 0.3) is 11.1 Å². The first-order chi connectivity index (χ1) is 15.3. The molecule has 0 radical (unpaired) electrons. The van der Waals surface area contributed by atoms with Gasteiger partial charge in [0.05, 0.1) is 19.6 Å². The molecular formula is C23H23N3O6. The monoisotopic (exact) mass is 437 g/mol. The number of hydrogen-bond donors (Lipinski definition) is 4. The molecule has 1 unspecified atom stereocenters. The molecule has 1 atom stereocenters. The number of benzene rings is 2. The largest absolute Gasteiger partial charge is 0.505 e. The number of aliphatic carboxylic acids is 1. The zero-order valence-corrected chi connectivity index (χ0v) is 17.5. The SMILES string of the molecule is COc1ccc(-c2ccccc2)cc1C(CC(=O)O)NC(=O)Nc1c(O)ccn(C)c1=O. The molecule has 9 heteroatoms. The number of hydrogen-bond acceptors (Lipinski definition) is 5. The molecule has 9 nitrogen and oxygen atoms in total. The van der Waals surface area contributed by atoms with E-state index in [0.717, 1.165) is 11.1 Å². The van der Waals surface area contributed by atoms with E-state index in [9.17, 15) is 24.6 Å². The van der Waals surface area contributed by atoms with Gasteiger partial charge in [0, 0.05) is 18.8 Å². The van der Waals surface area contributed by atoms with Gasteiger partial charge in [-0.1, -0.05) is 36.4 Å². The van der Waals surface area contributed by atoms with Gasteiger partial charge >= 0.3 is 12.0 Å². The van der Waals surface area contributed by atoms with Crippen LogP contribution >= 0.6 is 0 Å². The number of aromatic hydroxyl groups is 1. The van der Waals surface area contributed by atoms with E-state index in [4.69, 9.17) is 4.74 Å². The Morgan fingerprint density at radius 1 is 1.09 bits per heavy atom. The zero-order chi connectivity index (χ0) is 23.3. The van der Waals surface area contributed by atoms with E-state index in [1.54, 1.807) is 12.1 Å². The minimum atomic E-state index is -1.14. The Balaban J connectivity index is 1.95. The molecular weight excluding hydrogens is 414 g/mol. The van der Waals surface area contributed by atoms with Gasteiger partial charge in [-0.25, -0.2) is 4.79 Å². The van der Waals surface area contributed by atoms with E-state index in [1.165, 1.54) is 31.0 Å². The third kappa shape index (κ3) is 5.07. The molecule has 0 aliphatic heterocycles. The molecule has 0 saturated carbocycles. The van der Waals surface area contributed by atoms with Crippen molar-refractivity contribution in [1.82, 2.24) is 9.88 Å². The van der Waals surface area contributed by atoms with Gasteiger partial charge in [0.1, 0.15) is 11.5 Å². The maximum atomic E-state index is 12.6. The molecule has 166 valence electrons. The zero-order valence-electron chi connectivity index (χ0n) is 17.5. The molecule has 0 spiro atoms. The first kappa shape index (κ1) is 22.4. The van der Waals surface area contributed by atoms with Crippen LogP contribution in [0.4, 0.5) is 10.5 Å². The topological polar surface area (TPSA) is 130 Å². The van der Waals surface area contributed by atoms with Crippen molar-refractivity contribution < 1.29 is 24.5 Å². The van der Waals surface area contributed by atoms with Crippen LogP contribution in [0.3, 0.4) is 0 Å². The van der Waals surface area contributed by atoms with Gasteiger partial charge in [0.2, 0.25) is 0 Å². The van der Waals surface area contributed by atoms with Gasteiger partial charge in [0.15, 0.2) is 5.69 Å². The number of aryl methyl sites for hydroxylation is 1. The van der Waals surface area contributed by atoms with E-state index >= 15 is 0 Å². The average Bonchev–Trinajstić information content (AvgIpc) is 2.78. The number of pyridine rings is 1. The molecule has 1 aromatic heterocycles. The van der Waals surface area contributed by atoms with E-state index in [1.807, 2.05) is 36.4 Å². The quantitative estimate of drug-likeness (QED) is 0.449.